The van der Waals surface area contributed by atoms with Crippen molar-refractivity contribution in [2.24, 2.45) is 11.3 Å². The quantitative estimate of drug-likeness (QED) is 0.811. The molecule has 0 aliphatic heterocycles. The van der Waals surface area contributed by atoms with Gasteiger partial charge in [-0.15, -0.1) is 0 Å². The van der Waals surface area contributed by atoms with Crippen LogP contribution in [0.2, 0.25) is 0 Å². The summed E-state index contributed by atoms with van der Waals surface area (Å²) in [6.07, 6.45) is 4.98. The van der Waals surface area contributed by atoms with E-state index in [1.54, 1.807) is 6.20 Å². The monoisotopic (exact) mass is 241 g/mol. The molecular weight excluding hydrogens is 222 g/mol. The normalized spacial score (nSPS) is 20.9. The molecule has 1 aliphatic carbocycles. The van der Waals surface area contributed by atoms with Crippen molar-refractivity contribution in [3.63, 3.8) is 0 Å². The zero-order valence-corrected chi connectivity index (χ0v) is 10.9. The van der Waals surface area contributed by atoms with Crippen molar-refractivity contribution in [3.05, 3.63) is 30.6 Å². The highest BCUT2D eigenvalue weighted by molar-refractivity contribution is 6.00. The fourth-order valence-corrected chi connectivity index (χ4v) is 2.53. The summed E-state index contributed by atoms with van der Waals surface area (Å²) >= 11 is 0. The fourth-order valence-electron chi connectivity index (χ4n) is 2.53. The molecule has 18 heavy (non-hydrogen) atoms. The van der Waals surface area contributed by atoms with Crippen LogP contribution in [0.1, 0.15) is 20.3 Å². The average Bonchev–Trinajstić information content (AvgIpc) is 2.97. The van der Waals surface area contributed by atoms with Crippen LogP contribution in [-0.4, -0.2) is 11.5 Å². The number of aromatic nitrogens is 1. The highest BCUT2D eigenvalue weighted by Gasteiger charge is 2.44. The molecule has 94 valence electrons. The molecule has 1 saturated carbocycles. The molecule has 1 aromatic carbocycles. The minimum absolute atomic E-state index is 0.509. The summed E-state index contributed by atoms with van der Waals surface area (Å²) in [5.41, 5.74) is 8.43. The second-order valence-electron chi connectivity index (χ2n) is 5.89. The summed E-state index contributed by atoms with van der Waals surface area (Å²) in [4.78, 5) is 4.19. The summed E-state index contributed by atoms with van der Waals surface area (Å²) in [6.45, 7) is 5.67. The van der Waals surface area contributed by atoms with Crippen molar-refractivity contribution in [2.45, 2.75) is 20.3 Å². The van der Waals surface area contributed by atoms with Gasteiger partial charge in [-0.05, 0) is 36.0 Å². The Morgan fingerprint density at radius 2 is 2.11 bits per heavy atom. The second kappa shape index (κ2) is 3.87. The lowest BCUT2D eigenvalue weighted by Crippen LogP contribution is -2.07. The molecule has 3 N–H and O–H groups in total. The number of hydrogen-bond acceptors (Lipinski definition) is 3. The van der Waals surface area contributed by atoms with Gasteiger partial charge in [0.2, 0.25) is 0 Å². The number of rotatable bonds is 3. The molecule has 3 rings (SSSR count). The Bertz CT molecular complexity index is 589. The predicted octanol–water partition coefficient (Wildman–Crippen LogP) is 3.28. The molecule has 1 heterocycles. The Morgan fingerprint density at radius 3 is 2.83 bits per heavy atom. The van der Waals surface area contributed by atoms with Crippen LogP contribution >= 0.6 is 0 Å². The number of anilines is 2. The molecule has 0 spiro atoms. The number of nitrogens with one attached hydrogen (secondary N) is 1. The molecule has 2 aromatic rings. The summed E-state index contributed by atoms with van der Waals surface area (Å²) in [5.74, 6) is 0.779. The molecule has 0 amide bonds. The maximum absolute atomic E-state index is 5.98. The van der Waals surface area contributed by atoms with Gasteiger partial charge in [-0.1, -0.05) is 13.8 Å². The number of nitrogen functional groups attached to an aromatic ring is 1. The molecule has 0 saturated heterocycles. The third kappa shape index (κ3) is 1.90. The third-order valence-electron chi connectivity index (χ3n) is 4.11. The Kier molecular flexibility index (Phi) is 2.44. The van der Waals surface area contributed by atoms with Gasteiger partial charge in [-0.3, -0.25) is 4.98 Å². The molecule has 1 fully saturated rings. The van der Waals surface area contributed by atoms with Gasteiger partial charge in [0.05, 0.1) is 0 Å². The van der Waals surface area contributed by atoms with Crippen LogP contribution in [0, 0.1) is 11.3 Å². The second-order valence-corrected chi connectivity index (χ2v) is 5.89. The van der Waals surface area contributed by atoms with E-state index in [-0.39, 0.29) is 0 Å². The van der Waals surface area contributed by atoms with E-state index in [1.165, 1.54) is 6.42 Å². The summed E-state index contributed by atoms with van der Waals surface area (Å²) in [5, 5.41) is 5.72. The highest BCUT2D eigenvalue weighted by Crippen LogP contribution is 2.51. The third-order valence-corrected chi connectivity index (χ3v) is 4.11. The smallest absolute Gasteiger partial charge is 0.0437 e. The number of nitrogens with zero attached hydrogens (tertiary/aromatic N) is 1. The van der Waals surface area contributed by atoms with E-state index >= 15 is 0 Å². The summed E-state index contributed by atoms with van der Waals surface area (Å²) in [6, 6.07) is 5.98. The minimum Gasteiger partial charge on any atom is -0.398 e. The van der Waals surface area contributed by atoms with Gasteiger partial charge < -0.3 is 11.1 Å². The van der Waals surface area contributed by atoms with Crippen molar-refractivity contribution in [2.75, 3.05) is 17.6 Å². The van der Waals surface area contributed by atoms with Crippen molar-refractivity contribution < 1.29 is 0 Å². The number of benzene rings is 1. The lowest BCUT2D eigenvalue weighted by molar-refractivity contribution is 0.573. The summed E-state index contributed by atoms with van der Waals surface area (Å²) in [7, 11) is 0. The van der Waals surface area contributed by atoms with Gasteiger partial charge in [-0.25, -0.2) is 0 Å². The van der Waals surface area contributed by atoms with E-state index in [4.69, 9.17) is 5.73 Å². The Hall–Kier alpha value is -1.77. The van der Waals surface area contributed by atoms with Crippen molar-refractivity contribution in [1.82, 2.24) is 4.98 Å². The molecule has 3 heteroatoms. The molecule has 1 aliphatic rings. The Morgan fingerprint density at radius 1 is 1.33 bits per heavy atom. The molecular formula is C15H19N3. The van der Waals surface area contributed by atoms with Gasteiger partial charge in [0.1, 0.15) is 0 Å². The van der Waals surface area contributed by atoms with Gasteiger partial charge in [0, 0.05) is 41.1 Å². The van der Waals surface area contributed by atoms with Gasteiger partial charge in [0.15, 0.2) is 0 Å². The van der Waals surface area contributed by atoms with Crippen LogP contribution < -0.4 is 11.1 Å². The predicted molar refractivity (Wildman–Crippen MR) is 76.5 cm³/mol. The maximum Gasteiger partial charge on any atom is 0.0437 e. The van der Waals surface area contributed by atoms with Crippen molar-refractivity contribution >= 4 is 22.1 Å². The first-order valence-electron chi connectivity index (χ1n) is 6.44. The van der Waals surface area contributed by atoms with Crippen LogP contribution in [0.3, 0.4) is 0 Å². The van der Waals surface area contributed by atoms with Gasteiger partial charge >= 0.3 is 0 Å². The first kappa shape index (κ1) is 11.3. The van der Waals surface area contributed by atoms with Crippen molar-refractivity contribution in [3.8, 4) is 0 Å². The zero-order chi connectivity index (χ0) is 12.8. The number of hydrogen-bond donors (Lipinski definition) is 2. The van der Waals surface area contributed by atoms with E-state index in [0.717, 1.165) is 34.6 Å². The minimum atomic E-state index is 0.509. The largest absolute Gasteiger partial charge is 0.398 e. The van der Waals surface area contributed by atoms with Crippen LogP contribution in [0.5, 0.6) is 0 Å². The first-order valence-corrected chi connectivity index (χ1v) is 6.44. The molecule has 1 atom stereocenters. The molecule has 3 nitrogen and oxygen atoms in total. The van der Waals surface area contributed by atoms with Crippen LogP contribution in [0.4, 0.5) is 11.4 Å². The molecule has 1 unspecified atom stereocenters. The number of pyridine rings is 1. The fraction of sp³-hybridized carbons (Fsp3) is 0.400. The van der Waals surface area contributed by atoms with E-state index in [9.17, 15) is 0 Å². The first-order chi connectivity index (χ1) is 8.58. The standard InChI is InChI=1S/C15H19N3/c1-15(2)7-10(15)8-18-14-4-3-13(16)11-5-6-17-9-12(11)14/h3-6,9-10,18H,7-8,16H2,1-2H3. The lowest BCUT2D eigenvalue weighted by Gasteiger charge is -2.11. The molecule has 1 aromatic heterocycles. The van der Waals surface area contributed by atoms with E-state index in [0.29, 0.717) is 5.41 Å². The molecule has 0 bridgehead atoms. The maximum atomic E-state index is 5.98. The number of nitrogens with two attached hydrogens (primary N) is 1. The lowest BCUT2D eigenvalue weighted by atomic mass is 10.1. The van der Waals surface area contributed by atoms with E-state index in [2.05, 4.69) is 30.2 Å². The SMILES string of the molecule is CC1(C)CC1CNc1ccc(N)c2ccncc12. The zero-order valence-electron chi connectivity index (χ0n) is 10.9. The van der Waals surface area contributed by atoms with Gasteiger partial charge in [0.25, 0.3) is 0 Å². The Balaban J connectivity index is 1.86. The molecule has 0 radical (unpaired) electrons. The average molecular weight is 241 g/mol. The van der Waals surface area contributed by atoms with E-state index < -0.39 is 0 Å². The van der Waals surface area contributed by atoms with Crippen molar-refractivity contribution in [1.29, 1.82) is 0 Å². The Labute approximate surface area is 107 Å². The van der Waals surface area contributed by atoms with E-state index in [1.807, 2.05) is 18.3 Å². The van der Waals surface area contributed by atoms with Crippen LogP contribution in [0.15, 0.2) is 30.6 Å². The van der Waals surface area contributed by atoms with Crippen LogP contribution in [-0.2, 0) is 0 Å². The van der Waals surface area contributed by atoms with Crippen LogP contribution in [0.25, 0.3) is 10.8 Å². The highest BCUT2D eigenvalue weighted by atomic mass is 14.9. The number of fused-ring (bicyclic) bond motifs is 1. The summed E-state index contributed by atoms with van der Waals surface area (Å²) < 4.78 is 0. The topological polar surface area (TPSA) is 50.9 Å². The van der Waals surface area contributed by atoms with Gasteiger partial charge in [-0.2, -0.15) is 0 Å².